The fraction of sp³-hybridized carbons (Fsp3) is 0.583. The van der Waals surface area contributed by atoms with E-state index in [0.717, 1.165) is 27.9 Å². The van der Waals surface area contributed by atoms with Crippen molar-refractivity contribution in [3.05, 3.63) is 21.2 Å². The first-order valence-corrected chi connectivity index (χ1v) is 7.41. The Kier molecular flexibility index (Phi) is 4.44. The highest BCUT2D eigenvalue weighted by Gasteiger charge is 2.24. The second-order valence-corrected chi connectivity index (χ2v) is 6.53. The van der Waals surface area contributed by atoms with E-state index in [1.807, 2.05) is 12.3 Å². The standard InChI is InChI=1S/C12H17Br2N3/c1-8-7-17(2)4-3-11(8)16-12-10(14)5-9(13)6-15-12/h5-6,8,11H,3-4,7H2,1-2H3,(H,15,16). The first kappa shape index (κ1) is 13.3. The van der Waals surface area contributed by atoms with Crippen LogP contribution in [-0.4, -0.2) is 36.1 Å². The molecule has 0 radical (unpaired) electrons. The SMILES string of the molecule is CC1CN(C)CCC1Nc1ncc(Br)cc1Br. The summed E-state index contributed by atoms with van der Waals surface area (Å²) in [5, 5.41) is 3.54. The van der Waals surface area contributed by atoms with Gasteiger partial charge in [0.1, 0.15) is 5.82 Å². The summed E-state index contributed by atoms with van der Waals surface area (Å²) in [5.74, 6) is 1.58. The van der Waals surface area contributed by atoms with Crippen LogP contribution in [0.1, 0.15) is 13.3 Å². The van der Waals surface area contributed by atoms with Gasteiger partial charge in [0.2, 0.25) is 0 Å². The van der Waals surface area contributed by atoms with Crippen LogP contribution in [0.5, 0.6) is 0 Å². The number of aromatic nitrogens is 1. The smallest absolute Gasteiger partial charge is 0.140 e. The molecule has 1 aromatic heterocycles. The van der Waals surface area contributed by atoms with Crippen LogP contribution in [0.15, 0.2) is 21.2 Å². The van der Waals surface area contributed by atoms with Crippen molar-refractivity contribution in [3.8, 4) is 0 Å². The molecule has 0 aliphatic carbocycles. The van der Waals surface area contributed by atoms with Crippen molar-refractivity contribution in [1.82, 2.24) is 9.88 Å². The van der Waals surface area contributed by atoms with E-state index in [9.17, 15) is 0 Å². The zero-order valence-electron chi connectivity index (χ0n) is 10.1. The molecule has 2 unspecified atom stereocenters. The van der Waals surface area contributed by atoms with Gasteiger partial charge in [0, 0.05) is 23.3 Å². The third-order valence-corrected chi connectivity index (χ3v) is 4.28. The average molecular weight is 363 g/mol. The van der Waals surface area contributed by atoms with E-state index in [4.69, 9.17) is 0 Å². The minimum absolute atomic E-state index is 0.510. The molecule has 5 heteroatoms. The third-order valence-electron chi connectivity index (χ3n) is 3.24. The molecular formula is C12H17Br2N3. The van der Waals surface area contributed by atoms with Gasteiger partial charge >= 0.3 is 0 Å². The minimum atomic E-state index is 0.510. The van der Waals surface area contributed by atoms with Crippen molar-refractivity contribution in [2.45, 2.75) is 19.4 Å². The number of likely N-dealkylation sites (tertiary alicyclic amines) is 1. The molecule has 1 saturated heterocycles. The predicted octanol–water partition coefficient (Wildman–Crippen LogP) is 3.36. The fourth-order valence-corrected chi connectivity index (χ4v) is 3.37. The Morgan fingerprint density at radius 1 is 1.47 bits per heavy atom. The lowest BCUT2D eigenvalue weighted by atomic mass is 9.94. The average Bonchev–Trinajstić information content (AvgIpc) is 2.25. The topological polar surface area (TPSA) is 28.2 Å². The highest BCUT2D eigenvalue weighted by atomic mass is 79.9. The van der Waals surface area contributed by atoms with E-state index in [1.54, 1.807) is 0 Å². The first-order chi connectivity index (χ1) is 8.06. The van der Waals surface area contributed by atoms with E-state index < -0.39 is 0 Å². The van der Waals surface area contributed by atoms with Crippen LogP contribution in [0.25, 0.3) is 0 Å². The molecule has 1 aromatic rings. The highest BCUT2D eigenvalue weighted by molar-refractivity contribution is 9.11. The van der Waals surface area contributed by atoms with E-state index in [0.29, 0.717) is 12.0 Å². The molecule has 94 valence electrons. The van der Waals surface area contributed by atoms with Crippen LogP contribution >= 0.6 is 31.9 Å². The maximum Gasteiger partial charge on any atom is 0.140 e. The summed E-state index contributed by atoms with van der Waals surface area (Å²) in [6.07, 6.45) is 2.99. The van der Waals surface area contributed by atoms with Crippen LogP contribution in [0, 0.1) is 5.92 Å². The van der Waals surface area contributed by atoms with Crippen molar-refractivity contribution in [2.24, 2.45) is 5.92 Å². The Morgan fingerprint density at radius 2 is 2.24 bits per heavy atom. The Balaban J connectivity index is 2.05. The number of halogens is 2. The summed E-state index contributed by atoms with van der Waals surface area (Å²) in [6, 6.07) is 2.53. The molecule has 2 atom stereocenters. The van der Waals surface area contributed by atoms with Gasteiger partial charge in [-0.3, -0.25) is 0 Å². The van der Waals surface area contributed by atoms with Crippen LogP contribution in [-0.2, 0) is 0 Å². The molecule has 0 bridgehead atoms. The maximum atomic E-state index is 4.41. The Morgan fingerprint density at radius 3 is 2.88 bits per heavy atom. The number of nitrogens with zero attached hydrogens (tertiary/aromatic N) is 2. The monoisotopic (exact) mass is 361 g/mol. The molecule has 2 rings (SSSR count). The molecule has 1 N–H and O–H groups in total. The zero-order valence-corrected chi connectivity index (χ0v) is 13.3. The molecule has 0 saturated carbocycles. The molecule has 0 aromatic carbocycles. The van der Waals surface area contributed by atoms with Gasteiger partial charge < -0.3 is 10.2 Å². The molecule has 1 fully saturated rings. The molecule has 1 aliphatic heterocycles. The quantitative estimate of drug-likeness (QED) is 0.874. The molecule has 17 heavy (non-hydrogen) atoms. The zero-order chi connectivity index (χ0) is 12.4. The van der Waals surface area contributed by atoms with Gasteiger partial charge in [-0.1, -0.05) is 6.92 Å². The van der Waals surface area contributed by atoms with Crippen LogP contribution < -0.4 is 5.32 Å². The summed E-state index contributed by atoms with van der Waals surface area (Å²) in [5.41, 5.74) is 0. The minimum Gasteiger partial charge on any atom is -0.366 e. The lowest BCUT2D eigenvalue weighted by molar-refractivity contribution is 0.206. The molecule has 0 spiro atoms. The van der Waals surface area contributed by atoms with Gasteiger partial charge in [-0.25, -0.2) is 4.98 Å². The van der Waals surface area contributed by atoms with Crippen LogP contribution in [0.3, 0.4) is 0 Å². The van der Waals surface area contributed by atoms with Crippen LogP contribution in [0.2, 0.25) is 0 Å². The number of hydrogen-bond donors (Lipinski definition) is 1. The second kappa shape index (κ2) is 5.67. The molecule has 2 heterocycles. The number of anilines is 1. The van der Waals surface area contributed by atoms with E-state index in [-0.39, 0.29) is 0 Å². The van der Waals surface area contributed by atoms with E-state index in [1.165, 1.54) is 6.42 Å². The Hall–Kier alpha value is -0.130. The third kappa shape index (κ3) is 3.42. The normalized spacial score (nSPS) is 25.9. The number of nitrogens with one attached hydrogen (secondary N) is 1. The first-order valence-electron chi connectivity index (χ1n) is 5.82. The number of pyridine rings is 1. The van der Waals surface area contributed by atoms with Gasteiger partial charge in [0.15, 0.2) is 0 Å². The fourth-order valence-electron chi connectivity index (χ4n) is 2.26. The van der Waals surface area contributed by atoms with Gasteiger partial charge in [0.25, 0.3) is 0 Å². The number of piperidine rings is 1. The largest absolute Gasteiger partial charge is 0.366 e. The van der Waals surface area contributed by atoms with Gasteiger partial charge in [-0.15, -0.1) is 0 Å². The van der Waals surface area contributed by atoms with Crippen molar-refractivity contribution in [1.29, 1.82) is 0 Å². The van der Waals surface area contributed by atoms with E-state index in [2.05, 4.69) is 61.0 Å². The molecule has 1 aliphatic rings. The number of rotatable bonds is 2. The highest BCUT2D eigenvalue weighted by Crippen LogP contribution is 2.26. The summed E-state index contributed by atoms with van der Waals surface area (Å²) in [7, 11) is 2.18. The van der Waals surface area contributed by atoms with Crippen molar-refractivity contribution < 1.29 is 0 Å². The summed E-state index contributed by atoms with van der Waals surface area (Å²) in [6.45, 7) is 4.59. The van der Waals surface area contributed by atoms with Gasteiger partial charge in [0.05, 0.1) is 4.47 Å². The van der Waals surface area contributed by atoms with Crippen LogP contribution in [0.4, 0.5) is 5.82 Å². The lowest BCUT2D eigenvalue weighted by Crippen LogP contribution is -2.43. The number of hydrogen-bond acceptors (Lipinski definition) is 3. The van der Waals surface area contributed by atoms with Gasteiger partial charge in [-0.2, -0.15) is 0 Å². The van der Waals surface area contributed by atoms with Crippen molar-refractivity contribution in [2.75, 3.05) is 25.5 Å². The summed E-state index contributed by atoms with van der Waals surface area (Å²) < 4.78 is 2.00. The summed E-state index contributed by atoms with van der Waals surface area (Å²) >= 11 is 6.95. The Labute approximate surface area is 119 Å². The van der Waals surface area contributed by atoms with Gasteiger partial charge in [-0.05, 0) is 63.9 Å². The second-order valence-electron chi connectivity index (χ2n) is 4.76. The lowest BCUT2D eigenvalue weighted by Gasteiger charge is -2.35. The van der Waals surface area contributed by atoms with Crippen molar-refractivity contribution in [3.63, 3.8) is 0 Å². The van der Waals surface area contributed by atoms with Crippen molar-refractivity contribution >= 4 is 37.7 Å². The molecule has 0 amide bonds. The van der Waals surface area contributed by atoms with E-state index >= 15 is 0 Å². The molecular weight excluding hydrogens is 346 g/mol. The summed E-state index contributed by atoms with van der Waals surface area (Å²) in [4.78, 5) is 6.79. The Bertz CT molecular complexity index is 397. The predicted molar refractivity (Wildman–Crippen MR) is 78.3 cm³/mol. The maximum absolute atomic E-state index is 4.41. The molecule has 3 nitrogen and oxygen atoms in total.